The predicted octanol–water partition coefficient (Wildman–Crippen LogP) is 1.58. The van der Waals surface area contributed by atoms with Gasteiger partial charge in [-0.05, 0) is 29.8 Å². The molecule has 0 aliphatic carbocycles. The van der Waals surface area contributed by atoms with Crippen molar-refractivity contribution in [3.63, 3.8) is 0 Å². The maximum atomic E-state index is 11.9. The van der Waals surface area contributed by atoms with Crippen LogP contribution in [0, 0.1) is 0 Å². The van der Waals surface area contributed by atoms with Gasteiger partial charge < -0.3 is 24.3 Å². The van der Waals surface area contributed by atoms with E-state index in [1.807, 2.05) is 0 Å². The fraction of sp³-hybridized carbons (Fsp3) is 0.278. The summed E-state index contributed by atoms with van der Waals surface area (Å²) in [6.07, 6.45) is 2.91. The highest BCUT2D eigenvalue weighted by atomic mass is 16.5. The summed E-state index contributed by atoms with van der Waals surface area (Å²) in [4.78, 5) is 27.5. The SMILES string of the molecule is COc1cc(CNC(=O)COC(=O)c2cccnc2)cc(OC)c1OC. The average Bonchev–Trinajstić information content (AvgIpc) is 2.69. The minimum absolute atomic E-state index is 0.208. The summed E-state index contributed by atoms with van der Waals surface area (Å²) in [6.45, 7) is -0.182. The van der Waals surface area contributed by atoms with E-state index in [1.165, 1.54) is 27.5 Å². The van der Waals surface area contributed by atoms with E-state index in [1.54, 1.807) is 30.5 Å². The van der Waals surface area contributed by atoms with Crippen LogP contribution >= 0.6 is 0 Å². The molecule has 2 aromatic rings. The third-order valence-electron chi connectivity index (χ3n) is 3.45. The number of esters is 1. The van der Waals surface area contributed by atoms with Crippen LogP contribution in [0.1, 0.15) is 15.9 Å². The van der Waals surface area contributed by atoms with Gasteiger partial charge in [0.15, 0.2) is 18.1 Å². The minimum Gasteiger partial charge on any atom is -0.493 e. The van der Waals surface area contributed by atoms with Crippen LogP contribution in [0.25, 0.3) is 0 Å². The Morgan fingerprint density at radius 1 is 1.08 bits per heavy atom. The number of methoxy groups -OCH3 is 3. The number of hydrogen-bond donors (Lipinski definition) is 1. The van der Waals surface area contributed by atoms with Crippen molar-refractivity contribution >= 4 is 11.9 Å². The molecule has 8 nitrogen and oxygen atoms in total. The van der Waals surface area contributed by atoms with Crippen LogP contribution < -0.4 is 19.5 Å². The van der Waals surface area contributed by atoms with Crippen molar-refractivity contribution in [2.75, 3.05) is 27.9 Å². The Morgan fingerprint density at radius 3 is 2.31 bits per heavy atom. The lowest BCUT2D eigenvalue weighted by molar-refractivity contribution is -0.124. The van der Waals surface area contributed by atoms with E-state index in [0.717, 1.165) is 5.56 Å². The number of nitrogens with one attached hydrogen (secondary N) is 1. The molecule has 26 heavy (non-hydrogen) atoms. The molecule has 1 N–H and O–H groups in total. The number of aromatic nitrogens is 1. The number of amides is 1. The molecule has 0 aliphatic rings. The summed E-state index contributed by atoms with van der Waals surface area (Å²) >= 11 is 0. The second-order valence-corrected chi connectivity index (χ2v) is 5.13. The maximum absolute atomic E-state index is 11.9. The van der Waals surface area contributed by atoms with Gasteiger partial charge in [-0.2, -0.15) is 0 Å². The van der Waals surface area contributed by atoms with Crippen LogP contribution in [0.2, 0.25) is 0 Å². The molecular weight excluding hydrogens is 340 g/mol. The van der Waals surface area contributed by atoms with Crippen LogP contribution in [-0.2, 0) is 16.1 Å². The molecule has 8 heteroatoms. The van der Waals surface area contributed by atoms with Crippen molar-refractivity contribution in [2.45, 2.75) is 6.54 Å². The first-order valence-electron chi connectivity index (χ1n) is 7.71. The quantitative estimate of drug-likeness (QED) is 0.714. The number of carbonyl (C=O) groups is 2. The Kier molecular flexibility index (Phi) is 6.78. The van der Waals surface area contributed by atoms with E-state index < -0.39 is 18.5 Å². The first-order chi connectivity index (χ1) is 12.6. The predicted molar refractivity (Wildman–Crippen MR) is 92.5 cm³/mol. The number of ether oxygens (including phenoxy) is 4. The van der Waals surface area contributed by atoms with E-state index in [-0.39, 0.29) is 12.1 Å². The Morgan fingerprint density at radius 2 is 1.77 bits per heavy atom. The zero-order valence-electron chi connectivity index (χ0n) is 14.8. The van der Waals surface area contributed by atoms with Gasteiger partial charge in [0.05, 0.1) is 26.9 Å². The van der Waals surface area contributed by atoms with Crippen molar-refractivity contribution in [1.82, 2.24) is 10.3 Å². The molecule has 0 aliphatic heterocycles. The molecule has 1 amide bonds. The second-order valence-electron chi connectivity index (χ2n) is 5.13. The van der Waals surface area contributed by atoms with Crippen molar-refractivity contribution in [1.29, 1.82) is 0 Å². The molecule has 0 spiro atoms. The number of pyridine rings is 1. The van der Waals surface area contributed by atoms with Crippen LogP contribution in [0.15, 0.2) is 36.7 Å². The van der Waals surface area contributed by atoms with Crippen LogP contribution in [0.3, 0.4) is 0 Å². The number of hydrogen-bond acceptors (Lipinski definition) is 7. The Hall–Kier alpha value is -3.29. The third kappa shape index (κ3) is 4.85. The van der Waals surface area contributed by atoms with Gasteiger partial charge in [0.1, 0.15) is 0 Å². The van der Waals surface area contributed by atoms with E-state index in [2.05, 4.69) is 10.3 Å². The molecular formula is C18H20N2O6. The summed E-state index contributed by atoms with van der Waals surface area (Å²) in [5.74, 6) is 0.394. The van der Waals surface area contributed by atoms with E-state index in [4.69, 9.17) is 18.9 Å². The van der Waals surface area contributed by atoms with Gasteiger partial charge in [-0.15, -0.1) is 0 Å². The van der Waals surface area contributed by atoms with Gasteiger partial charge >= 0.3 is 5.97 Å². The molecule has 1 heterocycles. The molecule has 0 saturated carbocycles. The number of rotatable bonds is 8. The molecule has 0 unspecified atom stereocenters. The van der Waals surface area contributed by atoms with Crippen molar-refractivity contribution in [3.05, 3.63) is 47.8 Å². The zero-order chi connectivity index (χ0) is 18.9. The van der Waals surface area contributed by atoms with Gasteiger partial charge in [0.2, 0.25) is 5.75 Å². The molecule has 1 aromatic carbocycles. The van der Waals surface area contributed by atoms with Gasteiger partial charge in [-0.25, -0.2) is 4.79 Å². The minimum atomic E-state index is -0.610. The van der Waals surface area contributed by atoms with Crippen LogP contribution in [0.5, 0.6) is 17.2 Å². The molecule has 2 rings (SSSR count). The summed E-state index contributed by atoms with van der Waals surface area (Å²) in [5.41, 5.74) is 1.02. The highest BCUT2D eigenvalue weighted by Gasteiger charge is 2.14. The van der Waals surface area contributed by atoms with Gasteiger partial charge in [-0.1, -0.05) is 0 Å². The third-order valence-corrected chi connectivity index (χ3v) is 3.45. The fourth-order valence-electron chi connectivity index (χ4n) is 2.19. The Balaban J connectivity index is 1.92. The lowest BCUT2D eigenvalue weighted by atomic mass is 10.1. The number of nitrogens with zero attached hydrogens (tertiary/aromatic N) is 1. The molecule has 0 fully saturated rings. The summed E-state index contributed by atoms with van der Waals surface area (Å²) in [5, 5.41) is 2.66. The molecule has 0 bridgehead atoms. The lowest BCUT2D eigenvalue weighted by Crippen LogP contribution is -2.28. The number of benzene rings is 1. The summed E-state index contributed by atoms with van der Waals surface area (Å²) in [7, 11) is 4.54. The second kappa shape index (κ2) is 9.26. The number of carbonyl (C=O) groups excluding carboxylic acids is 2. The van der Waals surface area contributed by atoms with Crippen molar-refractivity contribution in [3.8, 4) is 17.2 Å². The normalized spacial score (nSPS) is 9.96. The Bertz CT molecular complexity index is 739. The van der Waals surface area contributed by atoms with Gasteiger partial charge in [0.25, 0.3) is 5.91 Å². The highest BCUT2D eigenvalue weighted by Crippen LogP contribution is 2.38. The van der Waals surface area contributed by atoms with Gasteiger partial charge in [0, 0.05) is 18.9 Å². The fourth-order valence-corrected chi connectivity index (χ4v) is 2.19. The van der Waals surface area contributed by atoms with Crippen LogP contribution in [-0.4, -0.2) is 44.8 Å². The van der Waals surface area contributed by atoms with E-state index in [0.29, 0.717) is 17.2 Å². The molecule has 138 valence electrons. The standard InChI is InChI=1S/C18H20N2O6/c1-23-14-7-12(8-15(24-2)17(14)25-3)9-20-16(21)11-26-18(22)13-5-4-6-19-10-13/h4-8,10H,9,11H2,1-3H3,(H,20,21). The monoisotopic (exact) mass is 360 g/mol. The van der Waals surface area contributed by atoms with Crippen LogP contribution in [0.4, 0.5) is 0 Å². The zero-order valence-corrected chi connectivity index (χ0v) is 14.8. The molecule has 0 atom stereocenters. The smallest absolute Gasteiger partial charge is 0.340 e. The largest absolute Gasteiger partial charge is 0.493 e. The van der Waals surface area contributed by atoms with Crippen molar-refractivity contribution < 1.29 is 28.5 Å². The molecule has 0 radical (unpaired) electrons. The molecule has 0 saturated heterocycles. The van der Waals surface area contributed by atoms with Gasteiger partial charge in [-0.3, -0.25) is 9.78 Å². The first-order valence-corrected chi connectivity index (χ1v) is 7.71. The summed E-state index contributed by atoms with van der Waals surface area (Å²) < 4.78 is 20.7. The average molecular weight is 360 g/mol. The lowest BCUT2D eigenvalue weighted by Gasteiger charge is -2.14. The maximum Gasteiger partial charge on any atom is 0.340 e. The Labute approximate surface area is 151 Å². The van der Waals surface area contributed by atoms with E-state index >= 15 is 0 Å². The summed E-state index contributed by atoms with van der Waals surface area (Å²) in [6, 6.07) is 6.62. The topological polar surface area (TPSA) is 96.0 Å². The van der Waals surface area contributed by atoms with E-state index in [9.17, 15) is 9.59 Å². The first kappa shape index (κ1) is 19.0. The highest BCUT2D eigenvalue weighted by molar-refractivity contribution is 5.90. The molecule has 1 aromatic heterocycles. The van der Waals surface area contributed by atoms with Crippen molar-refractivity contribution in [2.24, 2.45) is 0 Å².